The van der Waals surface area contributed by atoms with Gasteiger partial charge in [0.2, 0.25) is 0 Å². The molecule has 2 bridgehead atoms. The summed E-state index contributed by atoms with van der Waals surface area (Å²) in [6, 6.07) is 0.0567. The quantitative estimate of drug-likeness (QED) is 0.789. The summed E-state index contributed by atoms with van der Waals surface area (Å²) < 4.78 is 40.0. The van der Waals surface area contributed by atoms with Crippen LogP contribution in [0.3, 0.4) is 0 Å². The molecule has 6 atom stereocenters. The molecule has 0 aromatic carbocycles. The molecule has 0 spiro atoms. The average molecular weight is 303 g/mol. The van der Waals surface area contributed by atoms with Crippen molar-refractivity contribution in [3.05, 3.63) is 0 Å². The molecule has 0 amide bonds. The third-order valence-electron chi connectivity index (χ3n) is 6.57. The lowest BCUT2D eigenvalue weighted by Gasteiger charge is -2.40. The van der Waals surface area contributed by atoms with E-state index in [-0.39, 0.29) is 12.0 Å². The minimum atomic E-state index is -4.02. The molecule has 3 fully saturated rings. The molecule has 3 aliphatic carbocycles. The fourth-order valence-corrected chi connectivity index (χ4v) is 5.55. The van der Waals surface area contributed by atoms with Gasteiger partial charge in [0.1, 0.15) is 0 Å². The second kappa shape index (κ2) is 6.10. The molecule has 0 aliphatic heterocycles. The van der Waals surface area contributed by atoms with Gasteiger partial charge in [0.05, 0.1) is 5.92 Å². The van der Waals surface area contributed by atoms with Crippen molar-refractivity contribution < 1.29 is 13.2 Å². The maximum Gasteiger partial charge on any atom is 0.392 e. The largest absolute Gasteiger partial charge is 0.392 e. The van der Waals surface area contributed by atoms with E-state index in [4.69, 9.17) is 0 Å². The van der Waals surface area contributed by atoms with E-state index in [2.05, 4.69) is 5.32 Å². The Hall–Kier alpha value is -0.250. The van der Waals surface area contributed by atoms with Crippen molar-refractivity contribution >= 4 is 0 Å². The first kappa shape index (κ1) is 15.6. The molecule has 0 aromatic rings. The molecule has 122 valence electrons. The predicted octanol–water partition coefficient (Wildman–Crippen LogP) is 4.77. The fourth-order valence-electron chi connectivity index (χ4n) is 5.55. The van der Waals surface area contributed by atoms with Crippen LogP contribution in [0.2, 0.25) is 0 Å². The van der Waals surface area contributed by atoms with Crippen LogP contribution in [0.15, 0.2) is 0 Å². The Morgan fingerprint density at radius 3 is 2.38 bits per heavy atom. The highest BCUT2D eigenvalue weighted by molar-refractivity contribution is 4.95. The molecule has 1 nitrogen and oxygen atoms in total. The van der Waals surface area contributed by atoms with Crippen LogP contribution in [0.25, 0.3) is 0 Å². The van der Waals surface area contributed by atoms with Crippen LogP contribution < -0.4 is 5.32 Å². The summed E-state index contributed by atoms with van der Waals surface area (Å²) in [4.78, 5) is 0. The lowest BCUT2D eigenvalue weighted by molar-refractivity contribution is -0.199. The van der Waals surface area contributed by atoms with Gasteiger partial charge in [-0.1, -0.05) is 19.3 Å². The molecular formula is C17H28F3N. The zero-order valence-corrected chi connectivity index (χ0v) is 13.0. The van der Waals surface area contributed by atoms with Crippen molar-refractivity contribution in [2.45, 2.75) is 70.0 Å². The first-order valence-corrected chi connectivity index (χ1v) is 8.73. The predicted molar refractivity (Wildman–Crippen MR) is 77.9 cm³/mol. The van der Waals surface area contributed by atoms with Crippen LogP contribution in [0, 0.1) is 29.6 Å². The summed E-state index contributed by atoms with van der Waals surface area (Å²) in [6.07, 6.45) is 5.03. The minimum absolute atomic E-state index is 0.0567. The van der Waals surface area contributed by atoms with E-state index in [0.29, 0.717) is 12.3 Å². The smallest absolute Gasteiger partial charge is 0.317 e. The first-order chi connectivity index (χ1) is 9.99. The molecule has 0 heterocycles. The maximum absolute atomic E-state index is 13.3. The van der Waals surface area contributed by atoms with Crippen LogP contribution in [0.4, 0.5) is 13.2 Å². The standard InChI is InChI=1S/C17H28F3N/c1-21-16(10-13-9-11-6-7-12(13)8-11)14-4-2-3-5-15(14)17(18,19)20/h11-16,21H,2-10H2,1H3. The van der Waals surface area contributed by atoms with E-state index in [9.17, 15) is 13.2 Å². The van der Waals surface area contributed by atoms with Gasteiger partial charge in [0.15, 0.2) is 0 Å². The van der Waals surface area contributed by atoms with E-state index in [1.54, 1.807) is 0 Å². The second-order valence-corrected chi connectivity index (χ2v) is 7.66. The molecular weight excluding hydrogens is 275 g/mol. The van der Waals surface area contributed by atoms with E-state index in [0.717, 1.165) is 37.5 Å². The second-order valence-electron chi connectivity index (χ2n) is 7.66. The van der Waals surface area contributed by atoms with Crippen LogP contribution in [-0.4, -0.2) is 19.3 Å². The normalized spacial score (nSPS) is 41.4. The zero-order chi connectivity index (χ0) is 15.0. The van der Waals surface area contributed by atoms with Gasteiger partial charge in [0, 0.05) is 6.04 Å². The Labute approximate surface area is 126 Å². The van der Waals surface area contributed by atoms with Gasteiger partial charge in [-0.2, -0.15) is 13.2 Å². The monoisotopic (exact) mass is 303 g/mol. The Kier molecular flexibility index (Phi) is 4.54. The molecule has 1 N–H and O–H groups in total. The Morgan fingerprint density at radius 2 is 1.81 bits per heavy atom. The summed E-state index contributed by atoms with van der Waals surface area (Å²) in [7, 11) is 1.86. The van der Waals surface area contributed by atoms with Gasteiger partial charge in [-0.05, 0) is 69.2 Å². The van der Waals surface area contributed by atoms with E-state index in [1.807, 2.05) is 7.05 Å². The van der Waals surface area contributed by atoms with Gasteiger partial charge in [0.25, 0.3) is 0 Å². The Balaban J connectivity index is 1.66. The minimum Gasteiger partial charge on any atom is -0.317 e. The van der Waals surface area contributed by atoms with Gasteiger partial charge < -0.3 is 5.32 Å². The van der Waals surface area contributed by atoms with Gasteiger partial charge in [-0.25, -0.2) is 0 Å². The number of halogens is 3. The van der Waals surface area contributed by atoms with Crippen molar-refractivity contribution in [3.8, 4) is 0 Å². The van der Waals surface area contributed by atoms with Crippen LogP contribution in [-0.2, 0) is 0 Å². The van der Waals surface area contributed by atoms with Crippen LogP contribution in [0.1, 0.15) is 57.8 Å². The van der Waals surface area contributed by atoms with Gasteiger partial charge in [-0.3, -0.25) is 0 Å². The molecule has 4 heteroatoms. The van der Waals surface area contributed by atoms with Crippen molar-refractivity contribution in [1.82, 2.24) is 5.32 Å². The van der Waals surface area contributed by atoms with Crippen LogP contribution >= 0.6 is 0 Å². The number of fused-ring (bicyclic) bond motifs is 2. The van der Waals surface area contributed by atoms with Crippen molar-refractivity contribution in [2.24, 2.45) is 29.6 Å². The topological polar surface area (TPSA) is 12.0 Å². The molecule has 0 radical (unpaired) electrons. The lowest BCUT2D eigenvalue weighted by Crippen LogP contribution is -2.45. The summed E-state index contributed by atoms with van der Waals surface area (Å²) in [5.41, 5.74) is 0. The number of alkyl halides is 3. The third kappa shape index (κ3) is 3.25. The Bertz CT molecular complexity index is 354. The number of hydrogen-bond acceptors (Lipinski definition) is 1. The molecule has 3 saturated carbocycles. The molecule has 3 aliphatic rings. The lowest BCUT2D eigenvalue weighted by atomic mass is 9.71. The SMILES string of the molecule is CNC(CC1CC2CCC1C2)C1CCCCC1C(F)(F)F. The molecule has 0 saturated heterocycles. The Morgan fingerprint density at radius 1 is 1.05 bits per heavy atom. The fraction of sp³-hybridized carbons (Fsp3) is 1.00. The van der Waals surface area contributed by atoms with E-state index < -0.39 is 12.1 Å². The van der Waals surface area contributed by atoms with Crippen molar-refractivity contribution in [1.29, 1.82) is 0 Å². The summed E-state index contributed by atoms with van der Waals surface area (Å²) in [6.45, 7) is 0. The van der Waals surface area contributed by atoms with Gasteiger partial charge in [-0.15, -0.1) is 0 Å². The van der Waals surface area contributed by atoms with Crippen molar-refractivity contribution in [2.75, 3.05) is 7.05 Å². The third-order valence-corrected chi connectivity index (χ3v) is 6.57. The summed E-state index contributed by atoms with van der Waals surface area (Å²) >= 11 is 0. The van der Waals surface area contributed by atoms with E-state index >= 15 is 0 Å². The number of nitrogens with one attached hydrogen (secondary N) is 1. The molecule has 0 aromatic heterocycles. The van der Waals surface area contributed by atoms with Crippen molar-refractivity contribution in [3.63, 3.8) is 0 Å². The van der Waals surface area contributed by atoms with E-state index in [1.165, 1.54) is 25.7 Å². The van der Waals surface area contributed by atoms with Gasteiger partial charge >= 0.3 is 6.18 Å². The number of hydrogen-bond donors (Lipinski definition) is 1. The zero-order valence-electron chi connectivity index (χ0n) is 13.0. The van der Waals surface area contributed by atoms with Crippen LogP contribution in [0.5, 0.6) is 0 Å². The maximum atomic E-state index is 13.3. The molecule has 3 rings (SSSR count). The summed E-state index contributed by atoms with van der Waals surface area (Å²) in [5.74, 6) is 1.07. The molecule has 6 unspecified atom stereocenters. The highest BCUT2D eigenvalue weighted by Gasteiger charge is 2.49. The summed E-state index contributed by atoms with van der Waals surface area (Å²) in [5, 5.41) is 3.26. The first-order valence-electron chi connectivity index (χ1n) is 8.73. The average Bonchev–Trinajstić information content (AvgIpc) is 3.06. The highest BCUT2D eigenvalue weighted by atomic mass is 19.4. The molecule has 21 heavy (non-hydrogen) atoms. The number of rotatable bonds is 4. The highest BCUT2D eigenvalue weighted by Crippen LogP contribution is 2.51.